The Morgan fingerprint density at radius 1 is 0.978 bits per heavy atom. The second kappa shape index (κ2) is 11.9. The molecule has 0 bridgehead atoms. The molecule has 3 aromatic rings. The Labute approximate surface area is 270 Å². The summed E-state index contributed by atoms with van der Waals surface area (Å²) in [5, 5.41) is 21.9. The van der Waals surface area contributed by atoms with Crippen molar-refractivity contribution in [2.45, 2.75) is 72.8 Å². The van der Waals surface area contributed by atoms with Gasteiger partial charge in [-0.05, 0) is 111 Å². The summed E-state index contributed by atoms with van der Waals surface area (Å²) in [7, 11) is -4.20. The second-order valence-electron chi connectivity index (χ2n) is 12.1. The number of halogens is 3. The molecule has 0 spiro atoms. The predicted octanol–water partition coefficient (Wildman–Crippen LogP) is 5.93. The molecule has 8 nitrogen and oxygen atoms in total. The van der Waals surface area contributed by atoms with Crippen molar-refractivity contribution in [1.29, 1.82) is 0 Å². The molecule has 1 saturated heterocycles. The quantitative estimate of drug-likeness (QED) is 0.298. The highest BCUT2D eigenvalue weighted by molar-refractivity contribution is 7.92. The van der Waals surface area contributed by atoms with E-state index in [9.17, 15) is 32.6 Å². The third kappa shape index (κ3) is 5.49. The molecule has 2 atom stereocenters. The first-order chi connectivity index (χ1) is 21.4. The molecule has 0 aromatic heterocycles. The zero-order valence-electron chi connectivity index (χ0n) is 24.2. The monoisotopic (exact) mass is 675 g/mol. The molecule has 0 radical (unpaired) electrons. The molecule has 1 amide bonds. The van der Waals surface area contributed by atoms with Gasteiger partial charge in [0.2, 0.25) is 0 Å². The van der Waals surface area contributed by atoms with E-state index in [0.29, 0.717) is 39.8 Å². The summed E-state index contributed by atoms with van der Waals surface area (Å²) >= 11 is 12.4. The van der Waals surface area contributed by atoms with Crippen molar-refractivity contribution in [3.05, 3.63) is 93.2 Å². The van der Waals surface area contributed by atoms with Crippen LogP contribution < -0.4 is 4.74 Å². The fourth-order valence-electron chi connectivity index (χ4n) is 7.30. The van der Waals surface area contributed by atoms with Gasteiger partial charge in [-0.25, -0.2) is 12.8 Å². The van der Waals surface area contributed by atoms with Gasteiger partial charge in [0.15, 0.2) is 9.84 Å². The number of amides is 1. The van der Waals surface area contributed by atoms with E-state index in [1.165, 1.54) is 17.0 Å². The lowest BCUT2D eigenvalue weighted by Crippen LogP contribution is -2.57. The Morgan fingerprint density at radius 2 is 1.69 bits per heavy atom. The number of carboxylic acids is 1. The summed E-state index contributed by atoms with van der Waals surface area (Å²) in [5.41, 5.74) is 0.202. The van der Waals surface area contributed by atoms with Crippen molar-refractivity contribution >= 4 is 44.9 Å². The summed E-state index contributed by atoms with van der Waals surface area (Å²) in [6, 6.07) is 14.2. The Bertz CT molecular complexity index is 1760. The van der Waals surface area contributed by atoms with Crippen molar-refractivity contribution in [3.8, 4) is 5.75 Å². The highest BCUT2D eigenvalue weighted by atomic mass is 35.5. The molecule has 2 aliphatic carbocycles. The number of rotatable bonds is 7. The molecule has 6 rings (SSSR count). The minimum absolute atomic E-state index is 0.0162. The maximum atomic E-state index is 14.6. The Balaban J connectivity index is 1.36. The number of hydrogen-bond donors (Lipinski definition) is 2. The number of carboxylic acid groups (broad SMARTS) is 1. The average molecular weight is 677 g/mol. The van der Waals surface area contributed by atoms with Crippen LogP contribution in [0.5, 0.6) is 5.75 Å². The number of fused-ring (bicyclic) bond motifs is 3. The van der Waals surface area contributed by atoms with Crippen LogP contribution in [0.4, 0.5) is 4.39 Å². The average Bonchev–Trinajstić information content (AvgIpc) is 3.43. The van der Waals surface area contributed by atoms with Gasteiger partial charge in [-0.1, -0.05) is 29.3 Å². The molecule has 1 heterocycles. The number of sulfone groups is 1. The number of aliphatic hydroxyl groups is 1. The topological polar surface area (TPSA) is 121 Å². The van der Waals surface area contributed by atoms with Crippen molar-refractivity contribution < 1.29 is 37.3 Å². The van der Waals surface area contributed by atoms with Gasteiger partial charge in [-0.15, -0.1) is 0 Å². The molecule has 0 unspecified atom stereocenters. The van der Waals surface area contributed by atoms with Crippen LogP contribution in [0.1, 0.15) is 55.2 Å². The predicted molar refractivity (Wildman–Crippen MR) is 165 cm³/mol. The lowest BCUT2D eigenvalue weighted by Gasteiger charge is -2.44. The second-order valence-corrected chi connectivity index (χ2v) is 15.2. The third-order valence-electron chi connectivity index (χ3n) is 9.68. The largest absolute Gasteiger partial charge is 0.489 e. The van der Waals surface area contributed by atoms with Gasteiger partial charge in [0, 0.05) is 22.2 Å². The smallest absolute Gasteiger partial charge is 0.306 e. The van der Waals surface area contributed by atoms with Gasteiger partial charge in [0.05, 0.1) is 16.9 Å². The van der Waals surface area contributed by atoms with Gasteiger partial charge < -0.3 is 19.8 Å². The van der Waals surface area contributed by atoms with Crippen LogP contribution in [-0.4, -0.2) is 53.6 Å². The molecule has 12 heteroatoms. The summed E-state index contributed by atoms with van der Waals surface area (Å²) in [4.78, 5) is 26.9. The first kappa shape index (κ1) is 31.8. The highest BCUT2D eigenvalue weighted by Gasteiger charge is 2.62. The summed E-state index contributed by atoms with van der Waals surface area (Å²) < 4.78 is 47.6. The van der Waals surface area contributed by atoms with Crippen LogP contribution in [0.25, 0.3) is 0 Å². The summed E-state index contributed by atoms with van der Waals surface area (Å²) in [5.74, 6) is -2.24. The Hall–Kier alpha value is -3.18. The van der Waals surface area contributed by atoms with Crippen LogP contribution in [0.2, 0.25) is 10.0 Å². The maximum Gasteiger partial charge on any atom is 0.306 e. The summed E-state index contributed by atoms with van der Waals surface area (Å²) in [6.45, 7) is 0.225. The molecule has 45 heavy (non-hydrogen) atoms. The number of ether oxygens (including phenoxy) is 1. The zero-order valence-corrected chi connectivity index (χ0v) is 26.5. The van der Waals surface area contributed by atoms with Gasteiger partial charge >= 0.3 is 5.97 Å². The van der Waals surface area contributed by atoms with Gasteiger partial charge in [0.1, 0.15) is 28.5 Å². The summed E-state index contributed by atoms with van der Waals surface area (Å²) in [6.07, 6.45) is 1.09. The van der Waals surface area contributed by atoms with Crippen LogP contribution in [-0.2, 0) is 37.2 Å². The van der Waals surface area contributed by atoms with Gasteiger partial charge in [-0.3, -0.25) is 9.59 Å². The lowest BCUT2D eigenvalue weighted by atomic mass is 9.76. The number of carbonyl (C=O) groups excluding carboxylic acids is 1. The van der Waals surface area contributed by atoms with E-state index < -0.39 is 49.8 Å². The van der Waals surface area contributed by atoms with E-state index in [1.807, 2.05) is 0 Å². The highest BCUT2D eigenvalue weighted by Crippen LogP contribution is 2.54. The normalized spacial score (nSPS) is 26.2. The molecule has 1 saturated carbocycles. The van der Waals surface area contributed by atoms with Crippen LogP contribution >= 0.6 is 23.2 Å². The molecule has 3 aromatic carbocycles. The fraction of sp³-hybridized carbons (Fsp3) is 0.394. The molecule has 1 aliphatic heterocycles. The first-order valence-corrected chi connectivity index (χ1v) is 17.1. The minimum atomic E-state index is -4.20. The number of aryl methyl sites for hydroxylation is 1. The standard InChI is InChI=1S/C33H32Cl2FNO7S/c34-23-2-9-28(35)22(17-23)19-44-25-5-8-27-21(18-25)1-10-29-33(27,45(42,43)26-6-3-24(36)4-7-26)15-16-37(29)31(40)32(41)13-11-20(12-14-32)30(38)39/h2-9,17-18,20,29,41H,1,10-16,19H2,(H,38,39)/t20?,29-,32?,33-/m1/s1. The van der Waals surface area contributed by atoms with Crippen LogP contribution in [0.15, 0.2) is 65.6 Å². The molecular weight excluding hydrogens is 644 g/mol. The van der Waals surface area contributed by atoms with Crippen molar-refractivity contribution in [3.63, 3.8) is 0 Å². The number of nitrogens with zero attached hydrogens (tertiary/aromatic N) is 1. The Kier molecular flexibility index (Phi) is 8.39. The third-order valence-corrected chi connectivity index (χ3v) is 12.8. The van der Waals surface area contributed by atoms with Crippen molar-refractivity contribution in [1.82, 2.24) is 4.90 Å². The van der Waals surface area contributed by atoms with Crippen LogP contribution in [0.3, 0.4) is 0 Å². The van der Waals surface area contributed by atoms with Crippen LogP contribution in [0, 0.1) is 11.7 Å². The van der Waals surface area contributed by atoms with E-state index in [2.05, 4.69) is 0 Å². The lowest BCUT2D eigenvalue weighted by molar-refractivity contribution is -0.160. The number of carbonyl (C=O) groups is 2. The Morgan fingerprint density at radius 3 is 2.38 bits per heavy atom. The van der Waals surface area contributed by atoms with Gasteiger partial charge in [0.25, 0.3) is 5.91 Å². The van der Waals surface area contributed by atoms with E-state index in [4.69, 9.17) is 27.9 Å². The molecule has 2 N–H and O–H groups in total. The minimum Gasteiger partial charge on any atom is -0.489 e. The zero-order chi connectivity index (χ0) is 32.1. The van der Waals surface area contributed by atoms with Crippen molar-refractivity contribution in [2.24, 2.45) is 5.92 Å². The number of likely N-dealkylation sites (tertiary alicyclic amines) is 1. The molecule has 238 valence electrons. The molecular formula is C33H32Cl2FNO7S. The fourth-order valence-corrected chi connectivity index (χ4v) is 10.0. The van der Waals surface area contributed by atoms with Crippen molar-refractivity contribution in [2.75, 3.05) is 6.54 Å². The first-order valence-electron chi connectivity index (χ1n) is 14.8. The van der Waals surface area contributed by atoms with Gasteiger partial charge in [-0.2, -0.15) is 0 Å². The van der Waals surface area contributed by atoms with E-state index in [0.717, 1.165) is 17.7 Å². The SMILES string of the molecule is O=C(O)C1CCC(O)(C(=O)N2CC[C@@]3(S(=O)(=O)c4ccc(F)cc4)c4ccc(OCc5cc(Cl)ccc5Cl)cc4CC[C@@H]23)CC1. The van der Waals surface area contributed by atoms with E-state index in [-0.39, 0.29) is 50.2 Å². The number of hydrogen-bond acceptors (Lipinski definition) is 6. The molecule has 3 aliphatic rings. The number of benzene rings is 3. The van der Waals surface area contributed by atoms with E-state index in [1.54, 1.807) is 36.4 Å². The maximum absolute atomic E-state index is 14.6. The molecule has 2 fully saturated rings. The van der Waals surface area contributed by atoms with E-state index >= 15 is 0 Å². The number of aliphatic carboxylic acids is 1.